The lowest BCUT2D eigenvalue weighted by Crippen LogP contribution is -2.44. The lowest BCUT2D eigenvalue weighted by atomic mass is 9.92. The fraction of sp³-hybridized carbons (Fsp3) is 0.571. The number of piperidine rings is 1. The summed E-state index contributed by atoms with van der Waals surface area (Å²) in [6.45, 7) is 1.68. The number of halogens is 1. The number of carbonyl (C=O) groups excluding carboxylic acids is 1. The average Bonchev–Trinajstić information content (AvgIpc) is 3.19. The molecule has 1 N–H and O–H groups in total. The molecular weight excluding hydrogens is 375 g/mol. The van der Waals surface area contributed by atoms with Gasteiger partial charge < -0.3 is 10.2 Å². The molecule has 4 rings (SSSR count). The van der Waals surface area contributed by atoms with E-state index in [1.54, 1.807) is 12.1 Å². The quantitative estimate of drug-likeness (QED) is 0.823. The number of aromatic nitrogens is 2. The predicted molar refractivity (Wildman–Crippen MR) is 109 cm³/mol. The minimum absolute atomic E-state index is 0.116. The number of amides is 1. The molecule has 2 aliphatic rings. The van der Waals surface area contributed by atoms with Gasteiger partial charge in [0.15, 0.2) is 0 Å². The fourth-order valence-electron chi connectivity index (χ4n) is 4.13. The van der Waals surface area contributed by atoms with Crippen LogP contribution in [0.25, 0.3) is 0 Å². The van der Waals surface area contributed by atoms with Crippen LogP contribution in [0.4, 0.5) is 9.52 Å². The van der Waals surface area contributed by atoms with E-state index in [1.165, 1.54) is 42.9 Å². The Kier molecular flexibility index (Phi) is 6.20. The second-order valence-electron chi connectivity index (χ2n) is 7.90. The maximum atomic E-state index is 13.0. The molecule has 7 heteroatoms. The summed E-state index contributed by atoms with van der Waals surface area (Å²) in [5.41, 5.74) is 1.00. The van der Waals surface area contributed by atoms with E-state index >= 15 is 0 Å². The van der Waals surface area contributed by atoms with Gasteiger partial charge >= 0.3 is 0 Å². The van der Waals surface area contributed by atoms with Gasteiger partial charge in [0.2, 0.25) is 11.0 Å². The number of carbonyl (C=O) groups is 1. The molecule has 1 aromatic carbocycles. The molecule has 2 heterocycles. The zero-order valence-corrected chi connectivity index (χ0v) is 16.9. The van der Waals surface area contributed by atoms with Gasteiger partial charge in [-0.3, -0.25) is 4.79 Å². The van der Waals surface area contributed by atoms with E-state index in [-0.39, 0.29) is 17.6 Å². The number of hydrogen-bond donors (Lipinski definition) is 1. The molecule has 1 saturated carbocycles. The lowest BCUT2D eigenvalue weighted by Gasteiger charge is -2.32. The highest BCUT2D eigenvalue weighted by molar-refractivity contribution is 7.09. The van der Waals surface area contributed by atoms with Crippen molar-refractivity contribution in [2.24, 2.45) is 5.92 Å². The second-order valence-corrected chi connectivity index (χ2v) is 8.63. The van der Waals surface area contributed by atoms with Gasteiger partial charge in [0.25, 0.3) is 0 Å². The van der Waals surface area contributed by atoms with Crippen molar-refractivity contribution < 1.29 is 9.18 Å². The molecule has 0 radical (unpaired) electrons. The van der Waals surface area contributed by atoms with E-state index in [1.807, 2.05) is 0 Å². The highest BCUT2D eigenvalue weighted by Gasteiger charge is 2.28. The van der Waals surface area contributed by atoms with Crippen LogP contribution in [0.15, 0.2) is 24.3 Å². The van der Waals surface area contributed by atoms with Crippen molar-refractivity contribution >= 4 is 22.6 Å². The Bertz CT molecular complexity index is 780. The first-order valence-electron chi connectivity index (χ1n) is 10.3. The van der Waals surface area contributed by atoms with Crippen molar-refractivity contribution in [2.45, 2.75) is 57.4 Å². The maximum absolute atomic E-state index is 13.0. The zero-order chi connectivity index (χ0) is 19.3. The van der Waals surface area contributed by atoms with Crippen molar-refractivity contribution in [1.82, 2.24) is 14.7 Å². The molecule has 28 heavy (non-hydrogen) atoms. The molecule has 2 aromatic rings. The molecule has 0 spiro atoms. The first-order chi connectivity index (χ1) is 13.7. The monoisotopic (exact) mass is 402 g/mol. The Morgan fingerprint density at radius 3 is 2.54 bits per heavy atom. The van der Waals surface area contributed by atoms with Gasteiger partial charge in [-0.05, 0) is 43.4 Å². The number of anilines is 1. The van der Waals surface area contributed by atoms with E-state index in [2.05, 4.69) is 19.6 Å². The normalized spacial score (nSPS) is 19.0. The summed E-state index contributed by atoms with van der Waals surface area (Å²) in [4.78, 5) is 19.4. The maximum Gasteiger partial charge on any atom is 0.223 e. The molecule has 0 unspecified atom stereocenters. The van der Waals surface area contributed by atoms with Crippen LogP contribution in [0.5, 0.6) is 0 Å². The second kappa shape index (κ2) is 8.99. The minimum Gasteiger partial charge on any atom is -0.353 e. The standard InChI is InChI=1S/C21H27FN4OS/c22-17-8-6-15(7-9-17)14-19-24-21(28-25-19)26-12-10-16(11-13-26)20(27)23-18-4-2-1-3-5-18/h6-9,16,18H,1-5,10-14H2,(H,23,27). The molecule has 0 atom stereocenters. The van der Waals surface area contributed by atoms with Crippen LogP contribution in [0.3, 0.4) is 0 Å². The summed E-state index contributed by atoms with van der Waals surface area (Å²) < 4.78 is 17.5. The molecule has 1 aliphatic carbocycles. The lowest BCUT2D eigenvalue weighted by molar-refractivity contribution is -0.126. The summed E-state index contributed by atoms with van der Waals surface area (Å²) in [6.07, 6.45) is 8.38. The van der Waals surface area contributed by atoms with Gasteiger partial charge in [0, 0.05) is 43.0 Å². The van der Waals surface area contributed by atoms with Crippen molar-refractivity contribution in [2.75, 3.05) is 18.0 Å². The molecule has 150 valence electrons. The number of nitrogens with zero attached hydrogens (tertiary/aromatic N) is 3. The zero-order valence-electron chi connectivity index (χ0n) is 16.1. The highest BCUT2D eigenvalue weighted by Crippen LogP contribution is 2.26. The van der Waals surface area contributed by atoms with Gasteiger partial charge in [0.1, 0.15) is 11.6 Å². The van der Waals surface area contributed by atoms with Crippen LogP contribution in [0.1, 0.15) is 56.3 Å². The van der Waals surface area contributed by atoms with Crippen molar-refractivity contribution in [1.29, 1.82) is 0 Å². The van der Waals surface area contributed by atoms with Crippen LogP contribution in [-0.4, -0.2) is 34.4 Å². The van der Waals surface area contributed by atoms with Crippen molar-refractivity contribution in [3.8, 4) is 0 Å². The van der Waals surface area contributed by atoms with Crippen LogP contribution >= 0.6 is 11.5 Å². The Morgan fingerprint density at radius 1 is 1.11 bits per heavy atom. The summed E-state index contributed by atoms with van der Waals surface area (Å²) in [7, 11) is 0. The average molecular weight is 403 g/mol. The van der Waals surface area contributed by atoms with E-state index in [0.717, 1.165) is 55.3 Å². The summed E-state index contributed by atoms with van der Waals surface area (Å²) in [6, 6.07) is 6.85. The SMILES string of the molecule is O=C(NC1CCCCC1)C1CCN(c2nc(Cc3ccc(F)cc3)ns2)CC1. The topological polar surface area (TPSA) is 58.1 Å². The van der Waals surface area contributed by atoms with E-state index in [9.17, 15) is 9.18 Å². The van der Waals surface area contributed by atoms with Crippen LogP contribution < -0.4 is 10.2 Å². The molecule has 0 bridgehead atoms. The number of hydrogen-bond acceptors (Lipinski definition) is 5. The predicted octanol–water partition coefficient (Wildman–Crippen LogP) is 3.93. The van der Waals surface area contributed by atoms with Gasteiger partial charge in [-0.25, -0.2) is 9.37 Å². The van der Waals surface area contributed by atoms with Gasteiger partial charge in [-0.15, -0.1) is 0 Å². The summed E-state index contributed by atoms with van der Waals surface area (Å²) >= 11 is 1.41. The first kappa shape index (κ1) is 19.3. The highest BCUT2D eigenvalue weighted by atomic mass is 32.1. The van der Waals surface area contributed by atoms with Crippen LogP contribution in [0, 0.1) is 11.7 Å². The van der Waals surface area contributed by atoms with E-state index in [0.29, 0.717) is 12.5 Å². The Hall–Kier alpha value is -2.02. The smallest absolute Gasteiger partial charge is 0.223 e. The third kappa shape index (κ3) is 4.87. The first-order valence-corrected chi connectivity index (χ1v) is 11.1. The minimum atomic E-state index is -0.230. The van der Waals surface area contributed by atoms with E-state index in [4.69, 9.17) is 0 Å². The molecule has 1 aromatic heterocycles. The molecule has 2 fully saturated rings. The van der Waals surface area contributed by atoms with E-state index < -0.39 is 0 Å². The molecule has 1 saturated heterocycles. The third-order valence-corrected chi connectivity index (χ3v) is 6.64. The molecule has 1 aliphatic heterocycles. The summed E-state index contributed by atoms with van der Waals surface area (Å²) in [5, 5.41) is 4.19. The largest absolute Gasteiger partial charge is 0.353 e. The fourth-order valence-corrected chi connectivity index (χ4v) is 4.87. The van der Waals surface area contributed by atoms with Crippen molar-refractivity contribution in [3.63, 3.8) is 0 Å². The molecule has 5 nitrogen and oxygen atoms in total. The molecular formula is C21H27FN4OS. The number of benzene rings is 1. The van der Waals surface area contributed by atoms with Gasteiger partial charge in [0.05, 0.1) is 0 Å². The summed E-state index contributed by atoms with van der Waals surface area (Å²) in [5.74, 6) is 0.889. The van der Waals surface area contributed by atoms with Crippen LogP contribution in [-0.2, 0) is 11.2 Å². The van der Waals surface area contributed by atoms with Crippen molar-refractivity contribution in [3.05, 3.63) is 41.5 Å². The Balaban J connectivity index is 1.27. The Morgan fingerprint density at radius 2 is 1.82 bits per heavy atom. The number of nitrogens with one attached hydrogen (secondary N) is 1. The Labute approximate surface area is 169 Å². The number of rotatable bonds is 5. The third-order valence-electron chi connectivity index (χ3n) is 5.82. The van der Waals surface area contributed by atoms with Gasteiger partial charge in [-0.1, -0.05) is 31.4 Å². The van der Waals surface area contributed by atoms with Gasteiger partial charge in [-0.2, -0.15) is 4.37 Å². The molecule has 1 amide bonds. The van der Waals surface area contributed by atoms with Crippen LogP contribution in [0.2, 0.25) is 0 Å².